The van der Waals surface area contributed by atoms with Crippen molar-refractivity contribution in [3.63, 3.8) is 0 Å². The standard InChI is InChI=1S/C14H18N2O2S/c1-10(19(2,17)18)14(16-15)13-8-7-11-5-3-4-6-12(11)9-13/h3-10,14,16H,15H2,1-2H3. The van der Waals surface area contributed by atoms with E-state index in [4.69, 9.17) is 5.84 Å². The molecule has 2 rings (SSSR count). The molecule has 102 valence electrons. The van der Waals surface area contributed by atoms with E-state index in [1.807, 2.05) is 42.5 Å². The van der Waals surface area contributed by atoms with Crippen LogP contribution in [0.1, 0.15) is 18.5 Å². The third-order valence-corrected chi connectivity index (χ3v) is 5.08. The molecule has 0 aliphatic heterocycles. The summed E-state index contributed by atoms with van der Waals surface area (Å²) in [7, 11) is -3.16. The van der Waals surface area contributed by atoms with E-state index in [0.29, 0.717) is 0 Å². The molecule has 0 fully saturated rings. The average Bonchev–Trinajstić information content (AvgIpc) is 2.38. The highest BCUT2D eigenvalue weighted by Crippen LogP contribution is 2.24. The predicted octanol–water partition coefficient (Wildman–Crippen LogP) is 1.78. The molecule has 0 radical (unpaired) electrons. The largest absolute Gasteiger partial charge is 0.271 e. The molecule has 5 heteroatoms. The van der Waals surface area contributed by atoms with Crippen molar-refractivity contribution < 1.29 is 8.42 Å². The summed E-state index contributed by atoms with van der Waals surface area (Å²) in [6.07, 6.45) is 1.23. The molecule has 2 atom stereocenters. The van der Waals surface area contributed by atoms with Crippen LogP contribution in [-0.2, 0) is 9.84 Å². The van der Waals surface area contributed by atoms with Crippen molar-refractivity contribution in [2.75, 3.05) is 6.26 Å². The molecule has 0 spiro atoms. The summed E-state index contributed by atoms with van der Waals surface area (Å²) in [5.41, 5.74) is 3.48. The maximum Gasteiger partial charge on any atom is 0.151 e. The SMILES string of the molecule is CC(C(NN)c1ccc2ccccc2c1)S(C)(=O)=O. The van der Waals surface area contributed by atoms with Gasteiger partial charge in [0.2, 0.25) is 0 Å². The van der Waals surface area contributed by atoms with Crippen LogP contribution in [-0.4, -0.2) is 19.9 Å². The molecule has 2 aromatic carbocycles. The fourth-order valence-corrected chi connectivity index (χ4v) is 2.88. The molecule has 4 nitrogen and oxygen atoms in total. The molecule has 2 unspecified atom stereocenters. The van der Waals surface area contributed by atoms with Crippen molar-refractivity contribution in [1.82, 2.24) is 5.43 Å². The molecule has 0 saturated heterocycles. The number of nitrogens with two attached hydrogens (primary N) is 1. The van der Waals surface area contributed by atoms with E-state index in [9.17, 15) is 8.42 Å². The molecule has 0 aliphatic rings. The summed E-state index contributed by atoms with van der Waals surface area (Å²) in [4.78, 5) is 0. The van der Waals surface area contributed by atoms with Gasteiger partial charge in [0.25, 0.3) is 0 Å². The molecule has 0 aliphatic carbocycles. The molecule has 3 N–H and O–H groups in total. The van der Waals surface area contributed by atoms with Crippen LogP contribution in [0.5, 0.6) is 0 Å². The van der Waals surface area contributed by atoms with Crippen LogP contribution in [0.15, 0.2) is 42.5 Å². The number of hydrogen-bond acceptors (Lipinski definition) is 4. The van der Waals surface area contributed by atoms with Crippen LogP contribution in [0.2, 0.25) is 0 Å². The number of hydrazine groups is 1. The molecule has 0 saturated carbocycles. The van der Waals surface area contributed by atoms with Crippen molar-refractivity contribution in [3.05, 3.63) is 48.0 Å². The van der Waals surface area contributed by atoms with Gasteiger partial charge < -0.3 is 0 Å². The summed E-state index contributed by atoms with van der Waals surface area (Å²) in [6, 6.07) is 13.4. The summed E-state index contributed by atoms with van der Waals surface area (Å²) in [6.45, 7) is 1.66. The van der Waals surface area contributed by atoms with Gasteiger partial charge in [-0.3, -0.25) is 11.3 Å². The fourth-order valence-electron chi connectivity index (χ4n) is 2.15. The number of hydrogen-bond donors (Lipinski definition) is 2. The van der Waals surface area contributed by atoms with Crippen LogP contribution < -0.4 is 11.3 Å². The average molecular weight is 278 g/mol. The molecular weight excluding hydrogens is 260 g/mol. The number of benzene rings is 2. The summed E-state index contributed by atoms with van der Waals surface area (Å²) >= 11 is 0. The monoisotopic (exact) mass is 278 g/mol. The normalized spacial score (nSPS) is 15.3. The lowest BCUT2D eigenvalue weighted by molar-refractivity contribution is 0.514. The van der Waals surface area contributed by atoms with E-state index < -0.39 is 21.1 Å². The van der Waals surface area contributed by atoms with Gasteiger partial charge in [0.15, 0.2) is 9.84 Å². The number of rotatable bonds is 4. The Bertz CT molecular complexity index is 683. The first-order valence-electron chi connectivity index (χ1n) is 6.07. The Morgan fingerprint density at radius 1 is 1.11 bits per heavy atom. The van der Waals surface area contributed by atoms with Gasteiger partial charge in [-0.15, -0.1) is 0 Å². The highest BCUT2D eigenvalue weighted by molar-refractivity contribution is 7.91. The Labute approximate surface area is 113 Å². The van der Waals surface area contributed by atoms with E-state index in [1.54, 1.807) is 6.92 Å². The van der Waals surface area contributed by atoms with Crippen LogP contribution in [0, 0.1) is 0 Å². The maximum atomic E-state index is 11.7. The Morgan fingerprint density at radius 3 is 2.32 bits per heavy atom. The lowest BCUT2D eigenvalue weighted by Crippen LogP contribution is -2.38. The number of fused-ring (bicyclic) bond motifs is 1. The van der Waals surface area contributed by atoms with Gasteiger partial charge in [-0.05, 0) is 29.3 Å². The Kier molecular flexibility index (Phi) is 3.89. The van der Waals surface area contributed by atoms with E-state index in [1.165, 1.54) is 6.26 Å². The van der Waals surface area contributed by atoms with E-state index in [2.05, 4.69) is 5.43 Å². The van der Waals surface area contributed by atoms with Crippen LogP contribution in [0.4, 0.5) is 0 Å². The first-order valence-corrected chi connectivity index (χ1v) is 8.02. The van der Waals surface area contributed by atoms with Crippen molar-refractivity contribution >= 4 is 20.6 Å². The Balaban J connectivity index is 2.46. The third kappa shape index (κ3) is 2.94. The highest BCUT2D eigenvalue weighted by Gasteiger charge is 2.26. The molecule has 2 aromatic rings. The van der Waals surface area contributed by atoms with Crippen LogP contribution in [0.3, 0.4) is 0 Å². The Morgan fingerprint density at radius 2 is 1.74 bits per heavy atom. The Hall–Kier alpha value is -1.43. The smallest absolute Gasteiger partial charge is 0.151 e. The first kappa shape index (κ1) is 14.0. The minimum atomic E-state index is -3.16. The van der Waals surface area contributed by atoms with Gasteiger partial charge in [0.1, 0.15) is 0 Å². The van der Waals surface area contributed by atoms with Crippen molar-refractivity contribution in [2.24, 2.45) is 5.84 Å². The predicted molar refractivity (Wildman–Crippen MR) is 78.3 cm³/mol. The van der Waals surface area contributed by atoms with Gasteiger partial charge in [0.05, 0.1) is 11.3 Å². The van der Waals surface area contributed by atoms with Crippen LogP contribution in [0.25, 0.3) is 10.8 Å². The van der Waals surface area contributed by atoms with Gasteiger partial charge in [-0.25, -0.2) is 8.42 Å². The molecule has 19 heavy (non-hydrogen) atoms. The van der Waals surface area contributed by atoms with E-state index >= 15 is 0 Å². The fraction of sp³-hybridized carbons (Fsp3) is 0.286. The van der Waals surface area contributed by atoms with Crippen molar-refractivity contribution in [2.45, 2.75) is 18.2 Å². The van der Waals surface area contributed by atoms with Gasteiger partial charge in [0, 0.05) is 6.26 Å². The zero-order chi connectivity index (χ0) is 14.0. The molecule has 0 amide bonds. The number of sulfone groups is 1. The van der Waals surface area contributed by atoms with Gasteiger partial charge in [-0.1, -0.05) is 36.4 Å². The zero-order valence-corrected chi connectivity index (χ0v) is 11.8. The highest BCUT2D eigenvalue weighted by atomic mass is 32.2. The van der Waals surface area contributed by atoms with Crippen molar-refractivity contribution in [1.29, 1.82) is 0 Å². The molecule has 0 aromatic heterocycles. The zero-order valence-electron chi connectivity index (χ0n) is 11.0. The third-order valence-electron chi connectivity index (χ3n) is 3.46. The minimum Gasteiger partial charge on any atom is -0.271 e. The van der Waals surface area contributed by atoms with Crippen LogP contribution >= 0.6 is 0 Å². The molecular formula is C14H18N2O2S. The first-order chi connectivity index (χ1) is 8.93. The quantitative estimate of drug-likeness (QED) is 0.660. The lowest BCUT2D eigenvalue weighted by Gasteiger charge is -2.22. The second kappa shape index (κ2) is 5.28. The summed E-state index contributed by atoms with van der Waals surface area (Å²) in [5.74, 6) is 5.53. The summed E-state index contributed by atoms with van der Waals surface area (Å²) < 4.78 is 23.3. The lowest BCUT2D eigenvalue weighted by atomic mass is 10.0. The van der Waals surface area contributed by atoms with E-state index in [0.717, 1.165) is 16.3 Å². The topological polar surface area (TPSA) is 72.2 Å². The second-order valence-electron chi connectivity index (χ2n) is 4.79. The van der Waals surface area contributed by atoms with Gasteiger partial charge in [-0.2, -0.15) is 0 Å². The number of nitrogens with one attached hydrogen (secondary N) is 1. The maximum absolute atomic E-state index is 11.7. The van der Waals surface area contributed by atoms with Gasteiger partial charge >= 0.3 is 0 Å². The van der Waals surface area contributed by atoms with E-state index in [-0.39, 0.29) is 0 Å². The van der Waals surface area contributed by atoms with Crippen molar-refractivity contribution in [3.8, 4) is 0 Å². The summed E-state index contributed by atoms with van der Waals surface area (Å²) in [5, 5.41) is 1.61. The second-order valence-corrected chi connectivity index (χ2v) is 7.19. The minimum absolute atomic E-state index is 0.417. The molecule has 0 heterocycles. The molecule has 0 bridgehead atoms.